The van der Waals surface area contributed by atoms with Crippen LogP contribution in [0, 0.1) is 0 Å². The second kappa shape index (κ2) is 9.84. The molecule has 0 saturated heterocycles. The number of carbonyl (C=O) groups is 2. The maximum atomic E-state index is 12.1. The summed E-state index contributed by atoms with van der Waals surface area (Å²) < 4.78 is 0. The second-order valence-electron chi connectivity index (χ2n) is 5.54. The minimum Gasteiger partial charge on any atom is -0.351 e. The maximum absolute atomic E-state index is 12.1. The van der Waals surface area contributed by atoms with Gasteiger partial charge < -0.3 is 10.6 Å². The summed E-state index contributed by atoms with van der Waals surface area (Å²) in [7, 11) is 0. The molecule has 0 fully saturated rings. The van der Waals surface area contributed by atoms with Crippen LogP contribution in [-0.4, -0.2) is 28.3 Å². The number of carbonyl (C=O) groups excluding carboxylic acids is 2. The highest BCUT2D eigenvalue weighted by molar-refractivity contribution is 7.99. The van der Waals surface area contributed by atoms with Crippen molar-refractivity contribution < 1.29 is 9.59 Å². The highest BCUT2D eigenvalue weighted by atomic mass is 32.2. The molecule has 0 spiro atoms. The van der Waals surface area contributed by atoms with Gasteiger partial charge in [0.2, 0.25) is 5.91 Å². The van der Waals surface area contributed by atoms with Crippen molar-refractivity contribution in [1.29, 1.82) is 0 Å². The lowest BCUT2D eigenvalue weighted by Gasteiger charge is -2.07. The Morgan fingerprint density at radius 2 is 1.93 bits per heavy atom. The molecule has 2 amide bonds. The minimum atomic E-state index is -0.101. The van der Waals surface area contributed by atoms with Crippen LogP contribution < -0.4 is 10.6 Å². The lowest BCUT2D eigenvalue weighted by atomic mass is 10.2. The van der Waals surface area contributed by atoms with Gasteiger partial charge >= 0.3 is 0 Å². The van der Waals surface area contributed by atoms with Crippen LogP contribution in [0.25, 0.3) is 0 Å². The molecule has 0 saturated carbocycles. The van der Waals surface area contributed by atoms with E-state index in [4.69, 9.17) is 0 Å². The van der Waals surface area contributed by atoms with Gasteiger partial charge in [0.05, 0.1) is 4.88 Å². The molecule has 0 aliphatic carbocycles. The Balaban J connectivity index is 1.42. The summed E-state index contributed by atoms with van der Waals surface area (Å²) in [5.74, 6) is -0.198. The number of thiophene rings is 1. The van der Waals surface area contributed by atoms with E-state index in [1.807, 2.05) is 35.7 Å². The summed E-state index contributed by atoms with van der Waals surface area (Å²) in [6.45, 7) is 0.460. The van der Waals surface area contributed by atoms with Crippen LogP contribution in [0.4, 0.5) is 5.69 Å². The van der Waals surface area contributed by atoms with E-state index in [2.05, 4.69) is 20.6 Å². The van der Waals surface area contributed by atoms with Crippen molar-refractivity contribution in [2.45, 2.75) is 22.9 Å². The number of pyridine rings is 2. The lowest BCUT2D eigenvalue weighted by molar-refractivity contribution is -0.116. The van der Waals surface area contributed by atoms with E-state index in [-0.39, 0.29) is 11.8 Å². The zero-order valence-corrected chi connectivity index (χ0v) is 16.1. The average Bonchev–Trinajstić information content (AvgIpc) is 3.21. The Hall–Kier alpha value is -2.71. The SMILES string of the molecule is O=C(CCCNC(=O)c1cccs1)Nc1ccnc(Sc2ccccn2)c1. The van der Waals surface area contributed by atoms with E-state index in [1.54, 1.807) is 24.5 Å². The van der Waals surface area contributed by atoms with Gasteiger partial charge in [0, 0.05) is 31.0 Å². The number of aromatic nitrogens is 2. The normalized spacial score (nSPS) is 10.4. The summed E-state index contributed by atoms with van der Waals surface area (Å²) in [4.78, 5) is 33.1. The van der Waals surface area contributed by atoms with Crippen molar-refractivity contribution in [2.75, 3.05) is 11.9 Å². The third-order valence-electron chi connectivity index (χ3n) is 3.48. The minimum absolute atomic E-state index is 0.0969. The van der Waals surface area contributed by atoms with Crippen LogP contribution in [0.5, 0.6) is 0 Å². The van der Waals surface area contributed by atoms with Crippen molar-refractivity contribution in [3.05, 3.63) is 65.1 Å². The standard InChI is InChI=1S/C19H18N4O2S2/c24-16(6-3-10-22-19(25)15-5-4-12-26-15)23-14-8-11-21-18(13-14)27-17-7-1-2-9-20-17/h1-2,4-5,7-9,11-13H,3,6,10H2,(H,22,25)(H,21,23,24). The van der Waals surface area contributed by atoms with Crippen LogP contribution in [0.1, 0.15) is 22.5 Å². The van der Waals surface area contributed by atoms with Crippen molar-refractivity contribution in [3.63, 3.8) is 0 Å². The molecule has 0 radical (unpaired) electrons. The van der Waals surface area contributed by atoms with Crippen LogP contribution in [0.3, 0.4) is 0 Å². The highest BCUT2D eigenvalue weighted by Gasteiger charge is 2.07. The molecule has 0 aliphatic heterocycles. The van der Waals surface area contributed by atoms with Gasteiger partial charge in [-0.25, -0.2) is 9.97 Å². The highest BCUT2D eigenvalue weighted by Crippen LogP contribution is 2.25. The molecule has 27 heavy (non-hydrogen) atoms. The molecule has 8 heteroatoms. The molecule has 3 heterocycles. The third kappa shape index (κ3) is 6.19. The Kier molecular flexibility index (Phi) is 6.95. The van der Waals surface area contributed by atoms with E-state index in [1.165, 1.54) is 23.1 Å². The molecular formula is C19H18N4O2S2. The molecule has 0 atom stereocenters. The monoisotopic (exact) mass is 398 g/mol. The number of nitrogens with one attached hydrogen (secondary N) is 2. The van der Waals surface area contributed by atoms with Crippen molar-refractivity contribution in [3.8, 4) is 0 Å². The molecule has 0 aliphatic rings. The quantitative estimate of drug-likeness (QED) is 0.563. The topological polar surface area (TPSA) is 84.0 Å². The number of amides is 2. The maximum Gasteiger partial charge on any atom is 0.261 e. The smallest absolute Gasteiger partial charge is 0.261 e. The van der Waals surface area contributed by atoms with Crippen LogP contribution in [0.15, 0.2) is 70.3 Å². The van der Waals surface area contributed by atoms with Gasteiger partial charge in [0.1, 0.15) is 10.1 Å². The molecule has 3 aromatic rings. The fourth-order valence-corrected chi connectivity index (χ4v) is 3.64. The summed E-state index contributed by atoms with van der Waals surface area (Å²) in [5.41, 5.74) is 0.691. The van der Waals surface area contributed by atoms with E-state index in [0.717, 1.165) is 10.1 Å². The van der Waals surface area contributed by atoms with Crippen molar-refractivity contribution in [1.82, 2.24) is 15.3 Å². The van der Waals surface area contributed by atoms with E-state index >= 15 is 0 Å². The Bertz CT molecular complexity index is 886. The number of anilines is 1. The first-order valence-corrected chi connectivity index (χ1v) is 10.1. The summed E-state index contributed by atoms with van der Waals surface area (Å²) in [5, 5.41) is 9.13. The average molecular weight is 399 g/mol. The van der Waals surface area contributed by atoms with Gasteiger partial charge in [-0.2, -0.15) is 0 Å². The first kappa shape index (κ1) is 19.1. The molecule has 3 rings (SSSR count). The van der Waals surface area contributed by atoms with Gasteiger partial charge in [0.25, 0.3) is 5.91 Å². The van der Waals surface area contributed by atoms with Gasteiger partial charge in [-0.1, -0.05) is 23.9 Å². The molecule has 0 bridgehead atoms. The van der Waals surface area contributed by atoms with Gasteiger partial charge in [-0.05, 0) is 42.1 Å². The van der Waals surface area contributed by atoms with Crippen LogP contribution in [0.2, 0.25) is 0 Å². The molecule has 138 valence electrons. The number of nitrogens with zero attached hydrogens (tertiary/aromatic N) is 2. The van der Waals surface area contributed by atoms with E-state index in [0.29, 0.717) is 30.0 Å². The number of rotatable bonds is 8. The first-order chi connectivity index (χ1) is 13.2. The van der Waals surface area contributed by atoms with Gasteiger partial charge in [-0.3, -0.25) is 9.59 Å². The molecular weight excluding hydrogens is 380 g/mol. The fraction of sp³-hybridized carbons (Fsp3) is 0.158. The number of hydrogen-bond donors (Lipinski definition) is 2. The third-order valence-corrected chi connectivity index (χ3v) is 5.23. The molecule has 6 nitrogen and oxygen atoms in total. The molecule has 0 aromatic carbocycles. The fourth-order valence-electron chi connectivity index (χ4n) is 2.23. The zero-order chi connectivity index (χ0) is 18.9. The Labute approximate surface area is 165 Å². The molecule has 2 N–H and O–H groups in total. The van der Waals surface area contributed by atoms with E-state index in [9.17, 15) is 9.59 Å². The predicted octanol–water partition coefficient (Wildman–Crippen LogP) is 3.84. The van der Waals surface area contributed by atoms with Crippen molar-refractivity contribution in [2.24, 2.45) is 0 Å². The first-order valence-electron chi connectivity index (χ1n) is 8.37. The Morgan fingerprint density at radius 3 is 2.70 bits per heavy atom. The molecule has 3 aromatic heterocycles. The summed E-state index contributed by atoms with van der Waals surface area (Å²) in [6.07, 6.45) is 4.28. The van der Waals surface area contributed by atoms with E-state index < -0.39 is 0 Å². The van der Waals surface area contributed by atoms with Crippen LogP contribution in [-0.2, 0) is 4.79 Å². The summed E-state index contributed by atoms with van der Waals surface area (Å²) >= 11 is 2.83. The Morgan fingerprint density at radius 1 is 1.04 bits per heavy atom. The zero-order valence-electron chi connectivity index (χ0n) is 14.4. The second-order valence-corrected chi connectivity index (χ2v) is 7.53. The van der Waals surface area contributed by atoms with Gasteiger partial charge in [0.15, 0.2) is 0 Å². The number of hydrogen-bond acceptors (Lipinski definition) is 6. The van der Waals surface area contributed by atoms with Crippen LogP contribution >= 0.6 is 23.1 Å². The van der Waals surface area contributed by atoms with Crippen molar-refractivity contribution >= 4 is 40.6 Å². The molecule has 0 unspecified atom stereocenters. The van der Waals surface area contributed by atoms with Gasteiger partial charge in [-0.15, -0.1) is 11.3 Å². The largest absolute Gasteiger partial charge is 0.351 e. The lowest BCUT2D eigenvalue weighted by Crippen LogP contribution is -2.24. The summed E-state index contributed by atoms with van der Waals surface area (Å²) in [6, 6.07) is 12.9. The predicted molar refractivity (Wildman–Crippen MR) is 107 cm³/mol.